The number of hydrazine groups is 1. The molecular formula is C15H23N3. The molecule has 1 aromatic rings. The summed E-state index contributed by atoms with van der Waals surface area (Å²) in [5.41, 5.74) is 4.43. The van der Waals surface area contributed by atoms with Crippen molar-refractivity contribution in [1.82, 2.24) is 10.3 Å². The lowest BCUT2D eigenvalue weighted by molar-refractivity contribution is 0.0177. The minimum absolute atomic E-state index is 0.521. The molecule has 0 unspecified atom stereocenters. The van der Waals surface area contributed by atoms with Crippen LogP contribution in [0.5, 0.6) is 0 Å². The Labute approximate surface area is 109 Å². The van der Waals surface area contributed by atoms with Crippen molar-refractivity contribution < 1.29 is 0 Å². The molecule has 18 heavy (non-hydrogen) atoms. The Morgan fingerprint density at radius 3 is 2.39 bits per heavy atom. The third kappa shape index (κ3) is 2.44. The fraction of sp³-hybridized carbons (Fsp3) is 0.600. The van der Waals surface area contributed by atoms with Gasteiger partial charge < -0.3 is 0 Å². The summed E-state index contributed by atoms with van der Waals surface area (Å²) >= 11 is 0. The lowest BCUT2D eigenvalue weighted by atomic mass is 9.81. The van der Waals surface area contributed by atoms with Gasteiger partial charge in [0.05, 0.1) is 0 Å². The first-order valence-corrected chi connectivity index (χ1v) is 7.12. The Bertz CT molecular complexity index is 365. The summed E-state index contributed by atoms with van der Waals surface area (Å²) in [5.74, 6) is 5.64. The molecule has 2 aliphatic rings. The zero-order valence-electron chi connectivity index (χ0n) is 10.9. The van der Waals surface area contributed by atoms with Crippen molar-refractivity contribution in [3.05, 3.63) is 35.9 Å². The third-order valence-corrected chi connectivity index (χ3v) is 4.57. The zero-order chi connectivity index (χ0) is 12.4. The van der Waals surface area contributed by atoms with Gasteiger partial charge in [0, 0.05) is 24.7 Å². The average molecular weight is 245 g/mol. The first-order chi connectivity index (χ1) is 8.86. The highest BCUT2D eigenvalue weighted by molar-refractivity contribution is 5.15. The molecule has 2 atom stereocenters. The summed E-state index contributed by atoms with van der Waals surface area (Å²) in [6.07, 6.45) is 6.47. The lowest BCUT2D eigenvalue weighted by Crippen LogP contribution is -2.56. The maximum absolute atomic E-state index is 5.64. The Hall–Kier alpha value is -0.900. The Balaban J connectivity index is 1.72. The second-order valence-electron chi connectivity index (χ2n) is 5.73. The molecule has 2 saturated heterocycles. The quantitative estimate of drug-likeness (QED) is 0.632. The normalized spacial score (nSPS) is 32.4. The third-order valence-electron chi connectivity index (χ3n) is 4.57. The number of piperidine rings is 2. The van der Waals surface area contributed by atoms with Gasteiger partial charge in [-0.3, -0.25) is 16.2 Å². The van der Waals surface area contributed by atoms with Crippen molar-refractivity contribution in [2.75, 3.05) is 0 Å². The number of hydrogen-bond donors (Lipinski definition) is 2. The maximum Gasteiger partial charge on any atom is 0.0240 e. The van der Waals surface area contributed by atoms with Gasteiger partial charge in [-0.1, -0.05) is 36.8 Å². The van der Waals surface area contributed by atoms with Gasteiger partial charge in [-0.25, -0.2) is 0 Å². The molecule has 3 rings (SSSR count). The molecule has 0 radical (unpaired) electrons. The van der Waals surface area contributed by atoms with Gasteiger partial charge in [-0.05, 0) is 31.2 Å². The smallest absolute Gasteiger partial charge is 0.0240 e. The number of benzene rings is 1. The second-order valence-corrected chi connectivity index (χ2v) is 5.73. The molecule has 3 N–H and O–H groups in total. The summed E-state index contributed by atoms with van der Waals surface area (Å²) in [7, 11) is 0. The van der Waals surface area contributed by atoms with Gasteiger partial charge >= 0.3 is 0 Å². The summed E-state index contributed by atoms with van der Waals surface area (Å²) in [5, 5.41) is 0. The molecule has 0 aromatic heterocycles. The largest absolute Gasteiger partial charge is 0.293 e. The summed E-state index contributed by atoms with van der Waals surface area (Å²) in [4.78, 5) is 2.71. The first kappa shape index (κ1) is 12.2. The van der Waals surface area contributed by atoms with E-state index >= 15 is 0 Å². The Kier molecular flexibility index (Phi) is 3.64. The van der Waals surface area contributed by atoms with Gasteiger partial charge in [0.1, 0.15) is 0 Å². The molecular weight excluding hydrogens is 222 g/mol. The van der Waals surface area contributed by atoms with Gasteiger partial charge in [0.2, 0.25) is 0 Å². The first-order valence-electron chi connectivity index (χ1n) is 7.12. The minimum atomic E-state index is 0.521. The van der Waals surface area contributed by atoms with Crippen molar-refractivity contribution in [2.45, 2.75) is 56.8 Å². The average Bonchev–Trinajstić information content (AvgIpc) is 2.39. The highest BCUT2D eigenvalue weighted by Gasteiger charge is 2.37. The molecule has 2 fully saturated rings. The topological polar surface area (TPSA) is 41.3 Å². The van der Waals surface area contributed by atoms with E-state index in [0.717, 1.165) is 18.6 Å². The monoisotopic (exact) mass is 245 g/mol. The SMILES string of the molecule is NNC1C[C@@H]2CCC[C@@H](C1)N2Cc1ccccc1. The van der Waals surface area contributed by atoms with Crippen molar-refractivity contribution >= 4 is 0 Å². The molecule has 0 spiro atoms. The highest BCUT2D eigenvalue weighted by Crippen LogP contribution is 2.34. The van der Waals surface area contributed by atoms with Gasteiger partial charge in [-0.15, -0.1) is 0 Å². The number of nitrogens with one attached hydrogen (secondary N) is 1. The minimum Gasteiger partial charge on any atom is -0.293 e. The lowest BCUT2D eigenvalue weighted by Gasteiger charge is -2.48. The van der Waals surface area contributed by atoms with Crippen molar-refractivity contribution in [3.63, 3.8) is 0 Å². The van der Waals surface area contributed by atoms with Crippen molar-refractivity contribution in [2.24, 2.45) is 5.84 Å². The second kappa shape index (κ2) is 5.39. The van der Waals surface area contributed by atoms with Crippen LogP contribution in [0, 0.1) is 0 Å². The Morgan fingerprint density at radius 2 is 1.78 bits per heavy atom. The number of rotatable bonds is 3. The van der Waals surface area contributed by atoms with E-state index in [4.69, 9.17) is 5.84 Å². The van der Waals surface area contributed by atoms with E-state index in [9.17, 15) is 0 Å². The molecule has 0 amide bonds. The molecule has 3 heteroatoms. The van der Waals surface area contributed by atoms with E-state index < -0.39 is 0 Å². The van der Waals surface area contributed by atoms with Gasteiger partial charge in [0.25, 0.3) is 0 Å². The van der Waals surface area contributed by atoms with Crippen molar-refractivity contribution in [1.29, 1.82) is 0 Å². The van der Waals surface area contributed by atoms with E-state index in [1.54, 1.807) is 0 Å². The molecule has 0 aliphatic carbocycles. The van der Waals surface area contributed by atoms with Crippen LogP contribution in [-0.4, -0.2) is 23.0 Å². The van der Waals surface area contributed by atoms with Crippen LogP contribution in [-0.2, 0) is 6.54 Å². The molecule has 1 aromatic carbocycles. The van der Waals surface area contributed by atoms with E-state index in [0.29, 0.717) is 6.04 Å². The number of fused-ring (bicyclic) bond motifs is 2. The van der Waals surface area contributed by atoms with Crippen LogP contribution in [0.3, 0.4) is 0 Å². The molecule has 3 nitrogen and oxygen atoms in total. The fourth-order valence-corrected chi connectivity index (χ4v) is 3.67. The highest BCUT2D eigenvalue weighted by atomic mass is 15.3. The standard InChI is InChI=1S/C15H23N3/c16-17-13-9-14-7-4-8-15(10-13)18(14)11-12-5-2-1-3-6-12/h1-3,5-6,13-15,17H,4,7-11,16H2/t14-,15-/m0/s1. The van der Waals surface area contributed by atoms with E-state index in [1.807, 2.05) is 0 Å². The number of nitrogens with two attached hydrogens (primary N) is 1. The molecule has 2 bridgehead atoms. The van der Waals surface area contributed by atoms with E-state index in [2.05, 4.69) is 40.7 Å². The van der Waals surface area contributed by atoms with Gasteiger partial charge in [0.15, 0.2) is 0 Å². The predicted molar refractivity (Wildman–Crippen MR) is 73.8 cm³/mol. The zero-order valence-corrected chi connectivity index (χ0v) is 10.9. The number of hydrogen-bond acceptors (Lipinski definition) is 3. The Morgan fingerprint density at radius 1 is 1.11 bits per heavy atom. The molecule has 0 saturated carbocycles. The molecule has 2 heterocycles. The molecule has 98 valence electrons. The van der Waals surface area contributed by atoms with Crippen molar-refractivity contribution in [3.8, 4) is 0 Å². The van der Waals surface area contributed by atoms with Crippen LogP contribution in [0.25, 0.3) is 0 Å². The van der Waals surface area contributed by atoms with E-state index in [-0.39, 0.29) is 0 Å². The van der Waals surface area contributed by atoms with Crippen LogP contribution in [0.2, 0.25) is 0 Å². The summed E-state index contributed by atoms with van der Waals surface area (Å²) in [6, 6.07) is 12.8. The summed E-state index contributed by atoms with van der Waals surface area (Å²) in [6.45, 7) is 1.10. The van der Waals surface area contributed by atoms with Crippen LogP contribution in [0.1, 0.15) is 37.7 Å². The number of nitrogens with zero attached hydrogens (tertiary/aromatic N) is 1. The molecule has 2 aliphatic heterocycles. The summed E-state index contributed by atoms with van der Waals surface area (Å²) < 4.78 is 0. The van der Waals surface area contributed by atoms with Crippen LogP contribution in [0.4, 0.5) is 0 Å². The van der Waals surface area contributed by atoms with Crippen LogP contribution >= 0.6 is 0 Å². The van der Waals surface area contributed by atoms with Crippen LogP contribution < -0.4 is 11.3 Å². The fourth-order valence-electron chi connectivity index (χ4n) is 3.67. The van der Waals surface area contributed by atoms with Gasteiger partial charge in [-0.2, -0.15) is 0 Å². The van der Waals surface area contributed by atoms with Crippen LogP contribution in [0.15, 0.2) is 30.3 Å². The predicted octanol–water partition coefficient (Wildman–Crippen LogP) is 2.04. The van der Waals surface area contributed by atoms with E-state index in [1.165, 1.54) is 37.7 Å². The maximum atomic E-state index is 5.64.